The van der Waals surface area contributed by atoms with Gasteiger partial charge in [0.05, 0.1) is 0 Å². The summed E-state index contributed by atoms with van der Waals surface area (Å²) < 4.78 is 0. The van der Waals surface area contributed by atoms with Gasteiger partial charge >= 0.3 is 0 Å². The third-order valence-corrected chi connectivity index (χ3v) is 4.39. The highest BCUT2D eigenvalue weighted by Crippen LogP contribution is 2.31. The standard InChI is InChI=1S/C15H29P/c1-5-7-8-9-10-11-12-13-15(3,6-2)14-16-4/h5-6,16H,1-2,7-14H2,3-4H3. The van der Waals surface area contributed by atoms with E-state index in [9.17, 15) is 0 Å². The third kappa shape index (κ3) is 8.11. The zero-order chi connectivity index (χ0) is 12.3. The van der Waals surface area contributed by atoms with Crippen LogP contribution in [0.1, 0.15) is 51.9 Å². The van der Waals surface area contributed by atoms with Crippen LogP contribution in [0.25, 0.3) is 0 Å². The van der Waals surface area contributed by atoms with E-state index in [1.807, 2.05) is 6.08 Å². The van der Waals surface area contributed by atoms with Crippen LogP contribution >= 0.6 is 8.58 Å². The molecule has 0 aromatic carbocycles. The van der Waals surface area contributed by atoms with Crippen molar-refractivity contribution in [2.45, 2.75) is 51.9 Å². The van der Waals surface area contributed by atoms with Crippen molar-refractivity contribution in [1.29, 1.82) is 0 Å². The highest BCUT2D eigenvalue weighted by molar-refractivity contribution is 7.37. The molecule has 0 saturated carbocycles. The zero-order valence-corrected chi connectivity index (χ0v) is 12.2. The molecule has 1 heteroatoms. The predicted molar refractivity (Wildman–Crippen MR) is 79.9 cm³/mol. The van der Waals surface area contributed by atoms with Crippen molar-refractivity contribution in [3.8, 4) is 0 Å². The molecule has 0 aliphatic rings. The van der Waals surface area contributed by atoms with Crippen LogP contribution < -0.4 is 0 Å². The Morgan fingerprint density at radius 1 is 1.06 bits per heavy atom. The van der Waals surface area contributed by atoms with Crippen LogP contribution in [-0.4, -0.2) is 12.8 Å². The minimum Gasteiger partial charge on any atom is -0.124 e. The first-order valence-corrected chi connectivity index (χ1v) is 8.28. The van der Waals surface area contributed by atoms with E-state index in [1.54, 1.807) is 0 Å². The first-order valence-electron chi connectivity index (χ1n) is 6.57. The van der Waals surface area contributed by atoms with Gasteiger partial charge in [0.15, 0.2) is 0 Å². The topological polar surface area (TPSA) is 0 Å². The van der Waals surface area contributed by atoms with E-state index in [4.69, 9.17) is 0 Å². The molecule has 2 atom stereocenters. The van der Waals surface area contributed by atoms with Gasteiger partial charge in [-0.05, 0) is 37.5 Å². The largest absolute Gasteiger partial charge is 0.124 e. The Labute approximate surface area is 104 Å². The summed E-state index contributed by atoms with van der Waals surface area (Å²) in [5, 5.41) is 0. The van der Waals surface area contributed by atoms with Crippen LogP contribution in [0.4, 0.5) is 0 Å². The van der Waals surface area contributed by atoms with Gasteiger partial charge in [0.1, 0.15) is 0 Å². The first-order chi connectivity index (χ1) is 7.68. The maximum atomic E-state index is 3.98. The molecule has 0 saturated heterocycles. The summed E-state index contributed by atoms with van der Waals surface area (Å²) in [6.07, 6.45) is 14.8. The molecule has 0 spiro atoms. The van der Waals surface area contributed by atoms with E-state index < -0.39 is 0 Å². The number of hydrogen-bond donors (Lipinski definition) is 0. The van der Waals surface area contributed by atoms with Crippen molar-refractivity contribution in [2.24, 2.45) is 5.41 Å². The van der Waals surface area contributed by atoms with Gasteiger partial charge in [-0.15, -0.1) is 21.7 Å². The molecule has 0 heterocycles. The predicted octanol–water partition coefficient (Wildman–Crippen LogP) is 5.40. The average molecular weight is 240 g/mol. The molecular weight excluding hydrogens is 211 g/mol. The Morgan fingerprint density at radius 3 is 2.25 bits per heavy atom. The Bertz CT molecular complexity index is 186. The molecule has 0 aliphatic carbocycles. The summed E-state index contributed by atoms with van der Waals surface area (Å²) in [5.74, 6) is 0. The molecule has 0 amide bonds. The molecule has 0 aliphatic heterocycles. The van der Waals surface area contributed by atoms with Crippen LogP contribution in [0.2, 0.25) is 0 Å². The smallest absolute Gasteiger partial charge is 0.0112 e. The summed E-state index contributed by atoms with van der Waals surface area (Å²) in [6.45, 7) is 12.4. The molecule has 0 radical (unpaired) electrons. The second-order valence-corrected chi connectivity index (χ2v) is 6.04. The zero-order valence-electron chi connectivity index (χ0n) is 11.2. The van der Waals surface area contributed by atoms with Crippen LogP contribution in [0.15, 0.2) is 25.3 Å². The molecule has 2 unspecified atom stereocenters. The lowest BCUT2D eigenvalue weighted by Gasteiger charge is -2.24. The second kappa shape index (κ2) is 10.1. The quantitative estimate of drug-likeness (QED) is 0.257. The summed E-state index contributed by atoms with van der Waals surface area (Å²) >= 11 is 0. The lowest BCUT2D eigenvalue weighted by molar-refractivity contribution is 0.416. The monoisotopic (exact) mass is 240 g/mol. The van der Waals surface area contributed by atoms with Gasteiger partial charge in [-0.1, -0.05) is 44.8 Å². The molecule has 0 nitrogen and oxygen atoms in total. The van der Waals surface area contributed by atoms with Gasteiger partial charge in [-0.25, -0.2) is 0 Å². The number of unbranched alkanes of at least 4 members (excludes halogenated alkanes) is 5. The van der Waals surface area contributed by atoms with Gasteiger partial charge in [0.25, 0.3) is 0 Å². The fourth-order valence-corrected chi connectivity index (χ4v) is 3.14. The van der Waals surface area contributed by atoms with E-state index in [2.05, 4.69) is 32.8 Å². The van der Waals surface area contributed by atoms with Crippen molar-refractivity contribution < 1.29 is 0 Å². The van der Waals surface area contributed by atoms with Crippen molar-refractivity contribution in [2.75, 3.05) is 12.8 Å². The Morgan fingerprint density at radius 2 is 1.69 bits per heavy atom. The third-order valence-electron chi connectivity index (χ3n) is 3.23. The highest BCUT2D eigenvalue weighted by Gasteiger charge is 2.17. The molecule has 0 aromatic heterocycles. The van der Waals surface area contributed by atoms with Crippen molar-refractivity contribution in [1.82, 2.24) is 0 Å². The lowest BCUT2D eigenvalue weighted by Crippen LogP contribution is -2.15. The first kappa shape index (κ1) is 15.9. The van der Waals surface area contributed by atoms with Gasteiger partial charge in [0, 0.05) is 0 Å². The van der Waals surface area contributed by atoms with Gasteiger partial charge in [-0.3, -0.25) is 0 Å². The molecule has 94 valence electrons. The molecule has 0 bridgehead atoms. The van der Waals surface area contributed by atoms with Crippen LogP contribution in [0, 0.1) is 5.41 Å². The SMILES string of the molecule is C=CCCCCCCCC(C)(C=C)CPC. The molecule has 0 rings (SSSR count). The van der Waals surface area contributed by atoms with Crippen molar-refractivity contribution >= 4 is 8.58 Å². The minimum atomic E-state index is 0.397. The maximum Gasteiger partial charge on any atom is -0.0112 e. The van der Waals surface area contributed by atoms with Crippen LogP contribution in [0.5, 0.6) is 0 Å². The fourth-order valence-electron chi connectivity index (χ4n) is 2.01. The summed E-state index contributed by atoms with van der Waals surface area (Å²) in [6, 6.07) is 0. The average Bonchev–Trinajstić information content (AvgIpc) is 2.28. The summed E-state index contributed by atoms with van der Waals surface area (Å²) in [4.78, 5) is 0. The summed E-state index contributed by atoms with van der Waals surface area (Å²) in [7, 11) is 1.05. The summed E-state index contributed by atoms with van der Waals surface area (Å²) in [5.41, 5.74) is 0.397. The van der Waals surface area contributed by atoms with Crippen LogP contribution in [-0.2, 0) is 0 Å². The van der Waals surface area contributed by atoms with Crippen molar-refractivity contribution in [3.63, 3.8) is 0 Å². The number of rotatable bonds is 11. The van der Waals surface area contributed by atoms with Crippen LogP contribution in [0.3, 0.4) is 0 Å². The number of allylic oxidation sites excluding steroid dienone is 2. The molecule has 0 aromatic rings. The Balaban J connectivity index is 3.48. The van der Waals surface area contributed by atoms with Crippen molar-refractivity contribution in [3.05, 3.63) is 25.3 Å². The highest BCUT2D eigenvalue weighted by atomic mass is 31.1. The van der Waals surface area contributed by atoms with E-state index in [-0.39, 0.29) is 0 Å². The fraction of sp³-hybridized carbons (Fsp3) is 0.733. The van der Waals surface area contributed by atoms with E-state index in [0.29, 0.717) is 5.41 Å². The van der Waals surface area contributed by atoms with Gasteiger partial charge in [0.2, 0.25) is 0 Å². The molecule has 16 heavy (non-hydrogen) atoms. The maximum absolute atomic E-state index is 3.98. The molecule has 0 N–H and O–H groups in total. The van der Waals surface area contributed by atoms with E-state index >= 15 is 0 Å². The Kier molecular flexibility index (Phi) is 10.0. The second-order valence-electron chi connectivity index (χ2n) is 4.98. The van der Waals surface area contributed by atoms with E-state index in [1.165, 1.54) is 51.1 Å². The Hall–Kier alpha value is -0.0900. The van der Waals surface area contributed by atoms with E-state index in [0.717, 1.165) is 8.58 Å². The molecule has 0 fully saturated rings. The lowest BCUT2D eigenvalue weighted by atomic mass is 9.87. The molecular formula is C15H29P. The number of hydrogen-bond acceptors (Lipinski definition) is 0. The van der Waals surface area contributed by atoms with Gasteiger partial charge < -0.3 is 0 Å². The van der Waals surface area contributed by atoms with Gasteiger partial charge in [-0.2, -0.15) is 0 Å². The normalized spacial score (nSPS) is 15.1. The minimum absolute atomic E-state index is 0.397.